The normalized spacial score (nSPS) is 19.8. The highest BCUT2D eigenvalue weighted by Gasteiger charge is 2.31. The van der Waals surface area contributed by atoms with Crippen LogP contribution >= 0.6 is 0 Å². The van der Waals surface area contributed by atoms with Gasteiger partial charge in [0.15, 0.2) is 0 Å². The summed E-state index contributed by atoms with van der Waals surface area (Å²) in [6, 6.07) is 0. The van der Waals surface area contributed by atoms with Gasteiger partial charge in [0.1, 0.15) is 11.6 Å². The van der Waals surface area contributed by atoms with Crippen LogP contribution in [0.25, 0.3) is 0 Å². The van der Waals surface area contributed by atoms with Crippen molar-refractivity contribution in [3.63, 3.8) is 0 Å². The molecule has 1 fully saturated rings. The van der Waals surface area contributed by atoms with Crippen LogP contribution in [-0.4, -0.2) is 11.6 Å². The molecule has 0 aromatic carbocycles. The SMILES string of the molecule is CCC(=O)C(C)C(=O)C1CCC1. The minimum atomic E-state index is -0.347. The zero-order valence-corrected chi connectivity index (χ0v) is 7.80. The molecule has 1 aliphatic rings. The van der Waals surface area contributed by atoms with Crippen LogP contribution in [0.15, 0.2) is 0 Å². The molecule has 68 valence electrons. The monoisotopic (exact) mass is 168 g/mol. The molecule has 0 aliphatic heterocycles. The van der Waals surface area contributed by atoms with Crippen molar-refractivity contribution in [1.29, 1.82) is 0 Å². The van der Waals surface area contributed by atoms with Gasteiger partial charge >= 0.3 is 0 Å². The van der Waals surface area contributed by atoms with E-state index in [1.807, 2.05) is 6.92 Å². The number of rotatable bonds is 4. The summed E-state index contributed by atoms with van der Waals surface area (Å²) >= 11 is 0. The molecular weight excluding hydrogens is 152 g/mol. The molecular formula is C10H16O2. The van der Waals surface area contributed by atoms with Crippen molar-refractivity contribution in [2.45, 2.75) is 39.5 Å². The van der Waals surface area contributed by atoms with Gasteiger partial charge < -0.3 is 0 Å². The summed E-state index contributed by atoms with van der Waals surface area (Å²) in [5.74, 6) is 0.121. The second-order valence-corrected chi connectivity index (χ2v) is 3.57. The first-order chi connectivity index (χ1) is 5.66. The minimum absolute atomic E-state index is 0.0897. The van der Waals surface area contributed by atoms with E-state index in [4.69, 9.17) is 0 Å². The molecule has 0 radical (unpaired) electrons. The molecule has 1 rings (SSSR count). The lowest BCUT2D eigenvalue weighted by atomic mass is 9.77. The Labute approximate surface area is 73.3 Å². The molecule has 0 amide bonds. The first-order valence-electron chi connectivity index (χ1n) is 4.73. The van der Waals surface area contributed by atoms with Gasteiger partial charge in [-0.3, -0.25) is 9.59 Å². The third kappa shape index (κ3) is 1.74. The van der Waals surface area contributed by atoms with Gasteiger partial charge in [-0.15, -0.1) is 0 Å². The summed E-state index contributed by atoms with van der Waals surface area (Å²) in [4.78, 5) is 22.7. The predicted octanol–water partition coefficient (Wildman–Crippen LogP) is 1.97. The smallest absolute Gasteiger partial charge is 0.146 e. The molecule has 0 bridgehead atoms. The van der Waals surface area contributed by atoms with E-state index in [0.29, 0.717) is 6.42 Å². The minimum Gasteiger partial charge on any atom is -0.299 e. The van der Waals surface area contributed by atoms with Crippen LogP contribution in [0, 0.1) is 11.8 Å². The largest absolute Gasteiger partial charge is 0.299 e. The predicted molar refractivity (Wildman–Crippen MR) is 46.8 cm³/mol. The molecule has 0 N–H and O–H groups in total. The van der Waals surface area contributed by atoms with E-state index in [-0.39, 0.29) is 23.4 Å². The molecule has 2 nitrogen and oxygen atoms in total. The second-order valence-electron chi connectivity index (χ2n) is 3.57. The molecule has 1 aliphatic carbocycles. The Morgan fingerprint density at radius 2 is 2.00 bits per heavy atom. The highest BCUT2D eigenvalue weighted by molar-refractivity contribution is 6.03. The molecule has 2 heteroatoms. The maximum atomic E-state index is 11.5. The maximum Gasteiger partial charge on any atom is 0.146 e. The van der Waals surface area contributed by atoms with Gasteiger partial charge in [0, 0.05) is 12.3 Å². The summed E-state index contributed by atoms with van der Waals surface area (Å²) in [6.45, 7) is 3.55. The van der Waals surface area contributed by atoms with Gasteiger partial charge in [-0.1, -0.05) is 13.3 Å². The van der Waals surface area contributed by atoms with Gasteiger partial charge in [0.05, 0.1) is 5.92 Å². The zero-order chi connectivity index (χ0) is 9.14. The molecule has 0 spiro atoms. The molecule has 1 unspecified atom stereocenters. The molecule has 0 saturated heterocycles. The lowest BCUT2D eigenvalue weighted by Gasteiger charge is -2.26. The summed E-state index contributed by atoms with van der Waals surface area (Å²) in [5.41, 5.74) is 0. The van der Waals surface area contributed by atoms with Crippen LogP contribution in [0.4, 0.5) is 0 Å². The highest BCUT2D eigenvalue weighted by Crippen LogP contribution is 2.29. The number of hydrogen-bond donors (Lipinski definition) is 0. The number of ketones is 2. The summed E-state index contributed by atoms with van der Waals surface area (Å²) < 4.78 is 0. The Hall–Kier alpha value is -0.660. The summed E-state index contributed by atoms with van der Waals surface area (Å²) in [7, 11) is 0. The van der Waals surface area contributed by atoms with Crippen LogP contribution in [0.2, 0.25) is 0 Å². The number of hydrogen-bond acceptors (Lipinski definition) is 2. The van der Waals surface area contributed by atoms with Crippen molar-refractivity contribution in [3.05, 3.63) is 0 Å². The lowest BCUT2D eigenvalue weighted by molar-refractivity contribution is -0.135. The Bertz CT molecular complexity index is 192. The maximum absolute atomic E-state index is 11.5. The number of Topliss-reactive ketones (excluding diaryl/α,β-unsaturated/α-hetero) is 2. The van der Waals surface area contributed by atoms with E-state index in [1.54, 1.807) is 6.92 Å². The fourth-order valence-electron chi connectivity index (χ4n) is 1.51. The summed E-state index contributed by atoms with van der Waals surface area (Å²) in [6.07, 6.45) is 3.64. The van der Waals surface area contributed by atoms with Crippen LogP contribution in [0.5, 0.6) is 0 Å². The Morgan fingerprint density at radius 1 is 1.42 bits per heavy atom. The van der Waals surface area contributed by atoms with E-state index in [2.05, 4.69) is 0 Å². The molecule has 12 heavy (non-hydrogen) atoms. The van der Waals surface area contributed by atoms with Crippen molar-refractivity contribution in [1.82, 2.24) is 0 Å². The van der Waals surface area contributed by atoms with Gasteiger partial charge in [0.2, 0.25) is 0 Å². The zero-order valence-electron chi connectivity index (χ0n) is 7.80. The van der Waals surface area contributed by atoms with Crippen LogP contribution in [0.3, 0.4) is 0 Å². The summed E-state index contributed by atoms with van der Waals surface area (Å²) in [5, 5.41) is 0. The van der Waals surface area contributed by atoms with E-state index >= 15 is 0 Å². The molecule has 0 aromatic rings. The topological polar surface area (TPSA) is 34.1 Å². The Kier molecular flexibility index (Phi) is 3.01. The molecule has 0 heterocycles. The lowest BCUT2D eigenvalue weighted by Crippen LogP contribution is -2.31. The standard InChI is InChI=1S/C10H16O2/c1-3-9(11)7(2)10(12)8-5-4-6-8/h7-8H,3-6H2,1-2H3. The van der Waals surface area contributed by atoms with Gasteiger partial charge in [-0.05, 0) is 19.8 Å². The van der Waals surface area contributed by atoms with E-state index in [0.717, 1.165) is 19.3 Å². The van der Waals surface area contributed by atoms with Crippen molar-refractivity contribution in [2.24, 2.45) is 11.8 Å². The van der Waals surface area contributed by atoms with E-state index in [1.165, 1.54) is 0 Å². The third-order valence-corrected chi connectivity index (χ3v) is 2.77. The van der Waals surface area contributed by atoms with Gasteiger partial charge in [-0.2, -0.15) is 0 Å². The molecule has 1 saturated carbocycles. The average molecular weight is 168 g/mol. The Balaban J connectivity index is 2.45. The van der Waals surface area contributed by atoms with Crippen LogP contribution in [0.1, 0.15) is 39.5 Å². The average Bonchev–Trinajstić information content (AvgIpc) is 1.98. The fraction of sp³-hybridized carbons (Fsp3) is 0.800. The third-order valence-electron chi connectivity index (χ3n) is 2.77. The highest BCUT2D eigenvalue weighted by atomic mass is 16.2. The molecule has 0 aromatic heterocycles. The van der Waals surface area contributed by atoms with Crippen LogP contribution < -0.4 is 0 Å². The van der Waals surface area contributed by atoms with Crippen molar-refractivity contribution < 1.29 is 9.59 Å². The Morgan fingerprint density at radius 3 is 2.33 bits per heavy atom. The van der Waals surface area contributed by atoms with Gasteiger partial charge in [-0.25, -0.2) is 0 Å². The van der Waals surface area contributed by atoms with Gasteiger partial charge in [0.25, 0.3) is 0 Å². The first-order valence-corrected chi connectivity index (χ1v) is 4.73. The second kappa shape index (κ2) is 3.83. The van der Waals surface area contributed by atoms with Crippen molar-refractivity contribution in [2.75, 3.05) is 0 Å². The van der Waals surface area contributed by atoms with Crippen molar-refractivity contribution >= 4 is 11.6 Å². The van der Waals surface area contributed by atoms with E-state index < -0.39 is 0 Å². The number of carbonyl (C=O) groups is 2. The molecule has 1 atom stereocenters. The first kappa shape index (κ1) is 9.43. The fourth-order valence-corrected chi connectivity index (χ4v) is 1.51. The van der Waals surface area contributed by atoms with Crippen molar-refractivity contribution in [3.8, 4) is 0 Å². The van der Waals surface area contributed by atoms with E-state index in [9.17, 15) is 9.59 Å². The van der Waals surface area contributed by atoms with Crippen LogP contribution in [-0.2, 0) is 9.59 Å². The number of carbonyl (C=O) groups excluding carboxylic acids is 2. The quantitative estimate of drug-likeness (QED) is 0.601.